The highest BCUT2D eigenvalue weighted by Crippen LogP contribution is 2.46. The van der Waals surface area contributed by atoms with Gasteiger partial charge in [0.2, 0.25) is 0 Å². The number of carbonyl (C=O) groups excluding carboxylic acids is 1. The molecule has 3 nitrogen and oxygen atoms in total. The van der Waals surface area contributed by atoms with Crippen LogP contribution in [0.15, 0.2) is 0 Å². The van der Waals surface area contributed by atoms with Crippen LogP contribution in [0.1, 0.15) is 80.5 Å². The lowest BCUT2D eigenvalue weighted by molar-refractivity contribution is -0.136. The van der Waals surface area contributed by atoms with Crippen LogP contribution in [-0.4, -0.2) is 28.3 Å². The zero-order chi connectivity index (χ0) is 17.6. The van der Waals surface area contributed by atoms with E-state index in [0.29, 0.717) is 17.7 Å². The molecule has 3 aliphatic rings. The molecule has 2 saturated heterocycles. The van der Waals surface area contributed by atoms with Gasteiger partial charge in [0, 0.05) is 35.9 Å². The molecule has 1 aliphatic carbocycles. The largest absolute Gasteiger partial charge is 0.299 e. The Morgan fingerprint density at radius 1 is 1.21 bits per heavy atom. The summed E-state index contributed by atoms with van der Waals surface area (Å²) in [4.78, 5) is 19.7. The molecule has 4 rings (SSSR count). The molecule has 0 unspecified atom stereocenters. The van der Waals surface area contributed by atoms with Gasteiger partial charge in [-0.1, -0.05) is 13.8 Å². The van der Waals surface area contributed by atoms with Gasteiger partial charge in [0.15, 0.2) is 0 Å². The molecule has 0 spiro atoms. The number of Topliss-reactive ketones (excluding diaryl/α,β-unsaturated/α-hetero) is 1. The third-order valence-electron chi connectivity index (χ3n) is 6.71. The fraction of sp³-hybridized carbons (Fsp3) is 0.714. The predicted octanol–water partition coefficient (Wildman–Crippen LogP) is 4.46. The average Bonchev–Trinajstić information content (AvgIpc) is 2.55. The summed E-state index contributed by atoms with van der Waals surface area (Å²) in [6.45, 7) is 14.7. The molecule has 24 heavy (non-hydrogen) atoms. The van der Waals surface area contributed by atoms with E-state index in [2.05, 4.69) is 39.5 Å². The van der Waals surface area contributed by atoms with Crippen molar-refractivity contribution in [2.24, 2.45) is 5.41 Å². The maximum atomic E-state index is 12.2. The minimum Gasteiger partial charge on any atom is -0.299 e. The molecule has 0 N–H and O–H groups in total. The number of pyridine rings is 1. The van der Waals surface area contributed by atoms with Crippen LogP contribution in [0.4, 0.5) is 0 Å². The quantitative estimate of drug-likeness (QED) is 0.818. The average molecular weight is 329 g/mol. The van der Waals surface area contributed by atoms with Crippen molar-refractivity contribution in [2.45, 2.75) is 85.7 Å². The zero-order valence-corrected chi connectivity index (χ0v) is 16.2. The highest BCUT2D eigenvalue weighted by atomic mass is 16.1. The smallest absolute Gasteiger partial charge is 0.137 e. The zero-order valence-electron chi connectivity index (χ0n) is 16.2. The van der Waals surface area contributed by atoms with Gasteiger partial charge in [0.05, 0.1) is 0 Å². The van der Waals surface area contributed by atoms with E-state index in [0.717, 1.165) is 25.9 Å². The van der Waals surface area contributed by atoms with E-state index < -0.39 is 0 Å². The van der Waals surface area contributed by atoms with Crippen molar-refractivity contribution < 1.29 is 4.79 Å². The Hall–Kier alpha value is -1.22. The molecule has 132 valence electrons. The highest BCUT2D eigenvalue weighted by molar-refractivity contribution is 5.83. The molecule has 3 heteroatoms. The summed E-state index contributed by atoms with van der Waals surface area (Å²) < 4.78 is 0. The minimum atomic E-state index is -0.0725. The van der Waals surface area contributed by atoms with Gasteiger partial charge < -0.3 is 0 Å². The number of rotatable bonds is 4. The summed E-state index contributed by atoms with van der Waals surface area (Å²) >= 11 is 0. The fourth-order valence-electron chi connectivity index (χ4n) is 4.86. The molecular formula is C21H32N2O. The van der Waals surface area contributed by atoms with Crippen LogP contribution in [0.2, 0.25) is 0 Å². The minimum absolute atomic E-state index is 0.0725. The van der Waals surface area contributed by atoms with Crippen molar-refractivity contribution >= 4 is 5.78 Å². The van der Waals surface area contributed by atoms with Crippen molar-refractivity contribution in [2.75, 3.05) is 6.54 Å². The SMILES string of the molecule is CC(=O)C12CCC(CC1)N(Cc1c(C)nc(C(C)C)c(C)c1C)C2. The van der Waals surface area contributed by atoms with Gasteiger partial charge in [-0.3, -0.25) is 14.7 Å². The van der Waals surface area contributed by atoms with E-state index in [-0.39, 0.29) is 5.41 Å². The third kappa shape index (κ3) is 2.81. The Bertz CT molecular complexity index is 654. The fourth-order valence-corrected chi connectivity index (χ4v) is 4.86. The first-order valence-electron chi connectivity index (χ1n) is 9.47. The molecule has 3 heterocycles. The Kier molecular flexibility index (Phi) is 4.59. The number of aryl methyl sites for hydroxylation is 1. The van der Waals surface area contributed by atoms with Gasteiger partial charge in [-0.15, -0.1) is 0 Å². The van der Waals surface area contributed by atoms with Gasteiger partial charge in [-0.25, -0.2) is 0 Å². The molecule has 0 aromatic carbocycles. The lowest BCUT2D eigenvalue weighted by atomic mass is 9.65. The standard InChI is InChI=1S/C21H32N2O/c1-13(2)20-15(4)14(3)19(16(5)22-20)11-23-12-21(17(6)24)9-7-18(23)8-10-21/h13,18H,7-12H2,1-6H3. The number of nitrogens with zero attached hydrogens (tertiary/aromatic N) is 2. The number of hydrogen-bond donors (Lipinski definition) is 0. The van der Waals surface area contributed by atoms with Crippen molar-refractivity contribution in [1.29, 1.82) is 0 Å². The number of piperidine rings is 2. The molecule has 3 fully saturated rings. The molecule has 0 radical (unpaired) electrons. The topological polar surface area (TPSA) is 33.2 Å². The summed E-state index contributed by atoms with van der Waals surface area (Å²) in [5, 5.41) is 0. The molecule has 0 atom stereocenters. The molecule has 1 aromatic rings. The Balaban J connectivity index is 1.89. The molecule has 2 aliphatic heterocycles. The predicted molar refractivity (Wildman–Crippen MR) is 98.3 cm³/mol. The summed E-state index contributed by atoms with van der Waals surface area (Å²) in [6.07, 6.45) is 4.53. The number of fused-ring (bicyclic) bond motifs is 3. The van der Waals surface area contributed by atoms with Crippen LogP contribution in [0, 0.1) is 26.2 Å². The van der Waals surface area contributed by atoms with E-state index in [1.54, 1.807) is 6.92 Å². The number of carbonyl (C=O) groups is 1. The summed E-state index contributed by atoms with van der Waals surface area (Å²) in [7, 11) is 0. The van der Waals surface area contributed by atoms with Gasteiger partial charge in [-0.2, -0.15) is 0 Å². The number of aromatic nitrogens is 1. The van der Waals surface area contributed by atoms with E-state index in [1.165, 1.54) is 40.9 Å². The Morgan fingerprint density at radius 3 is 2.38 bits per heavy atom. The van der Waals surface area contributed by atoms with Crippen LogP contribution >= 0.6 is 0 Å². The molecule has 0 amide bonds. The monoisotopic (exact) mass is 328 g/mol. The van der Waals surface area contributed by atoms with Gasteiger partial charge in [0.1, 0.15) is 5.78 Å². The second-order valence-corrected chi connectivity index (χ2v) is 8.44. The lowest BCUT2D eigenvalue weighted by Gasteiger charge is -2.52. The van der Waals surface area contributed by atoms with Crippen LogP contribution < -0.4 is 0 Å². The highest BCUT2D eigenvalue weighted by Gasteiger charge is 2.47. The van der Waals surface area contributed by atoms with Crippen molar-refractivity contribution in [3.05, 3.63) is 28.1 Å². The first-order valence-corrected chi connectivity index (χ1v) is 9.47. The second kappa shape index (κ2) is 6.25. The van der Waals surface area contributed by atoms with Crippen LogP contribution in [0.25, 0.3) is 0 Å². The molecule has 2 bridgehead atoms. The van der Waals surface area contributed by atoms with Crippen molar-refractivity contribution in [3.8, 4) is 0 Å². The Morgan fingerprint density at radius 2 is 1.83 bits per heavy atom. The summed E-state index contributed by atoms with van der Waals surface area (Å²) in [5.74, 6) is 0.854. The van der Waals surface area contributed by atoms with Gasteiger partial charge in [-0.05, 0) is 76.0 Å². The third-order valence-corrected chi connectivity index (χ3v) is 6.71. The van der Waals surface area contributed by atoms with E-state index in [4.69, 9.17) is 4.98 Å². The maximum Gasteiger partial charge on any atom is 0.137 e. The number of hydrogen-bond acceptors (Lipinski definition) is 3. The van der Waals surface area contributed by atoms with E-state index >= 15 is 0 Å². The summed E-state index contributed by atoms with van der Waals surface area (Å²) in [5.41, 5.74) is 6.44. The molecule has 1 saturated carbocycles. The van der Waals surface area contributed by atoms with Crippen molar-refractivity contribution in [1.82, 2.24) is 9.88 Å². The van der Waals surface area contributed by atoms with Gasteiger partial charge in [0.25, 0.3) is 0 Å². The second-order valence-electron chi connectivity index (χ2n) is 8.44. The Labute approximate surface area is 146 Å². The van der Waals surface area contributed by atoms with Crippen LogP contribution in [0.3, 0.4) is 0 Å². The number of ketones is 1. The first kappa shape index (κ1) is 17.6. The van der Waals surface area contributed by atoms with Crippen molar-refractivity contribution in [3.63, 3.8) is 0 Å². The first-order chi connectivity index (χ1) is 11.2. The lowest BCUT2D eigenvalue weighted by Crippen LogP contribution is -2.56. The van der Waals surface area contributed by atoms with E-state index in [1.807, 2.05) is 0 Å². The molecule has 1 aromatic heterocycles. The normalized spacial score (nSPS) is 27.0. The van der Waals surface area contributed by atoms with Crippen LogP contribution in [-0.2, 0) is 11.3 Å². The van der Waals surface area contributed by atoms with E-state index in [9.17, 15) is 4.79 Å². The van der Waals surface area contributed by atoms with Gasteiger partial charge >= 0.3 is 0 Å². The maximum absolute atomic E-state index is 12.2. The van der Waals surface area contributed by atoms with Crippen LogP contribution in [0.5, 0.6) is 0 Å². The summed E-state index contributed by atoms with van der Waals surface area (Å²) in [6, 6.07) is 0.648. The molecular weight excluding hydrogens is 296 g/mol.